The Bertz CT molecular complexity index is 582. The van der Waals surface area contributed by atoms with Crippen LogP contribution < -0.4 is 0 Å². The van der Waals surface area contributed by atoms with Gasteiger partial charge in [0.25, 0.3) is 5.91 Å². The molecule has 0 N–H and O–H groups in total. The van der Waals surface area contributed by atoms with Crippen LogP contribution >= 0.6 is 0 Å². The Morgan fingerprint density at radius 3 is 2.29 bits per heavy atom. The number of nitrogens with zero attached hydrogens (tertiary/aromatic N) is 2. The van der Waals surface area contributed by atoms with E-state index in [4.69, 9.17) is 4.74 Å². The topological polar surface area (TPSA) is 49.9 Å². The molecule has 5 nitrogen and oxygen atoms in total. The number of carbonyl (C=O) groups is 2. The molecule has 0 spiro atoms. The normalized spacial score (nSPS) is 24.6. The van der Waals surface area contributed by atoms with Gasteiger partial charge in [0.15, 0.2) is 0 Å². The molecule has 3 atom stereocenters. The van der Waals surface area contributed by atoms with Gasteiger partial charge in [0, 0.05) is 32.1 Å². The number of hydrogen-bond acceptors (Lipinski definition) is 3. The highest BCUT2D eigenvalue weighted by Crippen LogP contribution is 2.39. The van der Waals surface area contributed by atoms with E-state index in [0.717, 1.165) is 12.0 Å². The van der Waals surface area contributed by atoms with Gasteiger partial charge >= 0.3 is 0 Å². The minimum absolute atomic E-state index is 0.0119. The molecule has 24 heavy (non-hydrogen) atoms. The van der Waals surface area contributed by atoms with E-state index in [1.54, 1.807) is 6.92 Å². The SMILES string of the molecule is C[C@@H]1C[C@H]1C(=O)N1CCN(C(=O)[C@@H](C)OCc2ccccc2)CC1. The van der Waals surface area contributed by atoms with Gasteiger partial charge in [0.2, 0.25) is 5.91 Å². The van der Waals surface area contributed by atoms with Crippen LogP contribution in [-0.4, -0.2) is 53.9 Å². The largest absolute Gasteiger partial charge is 0.364 e. The molecule has 1 aliphatic heterocycles. The average molecular weight is 330 g/mol. The van der Waals surface area contributed by atoms with Crippen LogP contribution in [0.15, 0.2) is 30.3 Å². The number of carbonyl (C=O) groups excluding carboxylic acids is 2. The van der Waals surface area contributed by atoms with Gasteiger partial charge in [-0.3, -0.25) is 9.59 Å². The number of piperazine rings is 1. The van der Waals surface area contributed by atoms with E-state index in [1.807, 2.05) is 40.1 Å². The molecule has 1 aromatic rings. The van der Waals surface area contributed by atoms with E-state index in [0.29, 0.717) is 38.7 Å². The van der Waals surface area contributed by atoms with Gasteiger partial charge in [-0.25, -0.2) is 0 Å². The predicted molar refractivity (Wildman–Crippen MR) is 91.1 cm³/mol. The fourth-order valence-corrected chi connectivity index (χ4v) is 3.17. The summed E-state index contributed by atoms with van der Waals surface area (Å²) in [4.78, 5) is 28.5. The zero-order valence-electron chi connectivity index (χ0n) is 14.5. The lowest BCUT2D eigenvalue weighted by molar-refractivity contribution is -0.148. The lowest BCUT2D eigenvalue weighted by Crippen LogP contribution is -2.53. The van der Waals surface area contributed by atoms with Gasteiger partial charge in [-0.2, -0.15) is 0 Å². The van der Waals surface area contributed by atoms with Crippen LogP contribution in [0.1, 0.15) is 25.8 Å². The third-order valence-electron chi connectivity index (χ3n) is 5.02. The molecule has 2 amide bonds. The summed E-state index contributed by atoms with van der Waals surface area (Å²) in [5, 5.41) is 0. The van der Waals surface area contributed by atoms with E-state index in [2.05, 4.69) is 6.92 Å². The zero-order valence-corrected chi connectivity index (χ0v) is 14.5. The molecule has 1 aliphatic carbocycles. The summed E-state index contributed by atoms with van der Waals surface area (Å²) in [6.07, 6.45) is 0.554. The number of ether oxygens (including phenoxy) is 1. The number of benzene rings is 1. The van der Waals surface area contributed by atoms with Crippen molar-refractivity contribution in [2.45, 2.75) is 33.0 Å². The van der Waals surface area contributed by atoms with Gasteiger partial charge < -0.3 is 14.5 Å². The molecule has 0 unspecified atom stereocenters. The summed E-state index contributed by atoms with van der Waals surface area (Å²) >= 11 is 0. The lowest BCUT2D eigenvalue weighted by Gasteiger charge is -2.36. The maximum absolute atomic E-state index is 12.5. The Morgan fingerprint density at radius 2 is 1.71 bits per heavy atom. The molecule has 130 valence electrons. The molecular formula is C19H26N2O3. The van der Waals surface area contributed by atoms with Crippen LogP contribution in [0.5, 0.6) is 0 Å². The first-order valence-corrected chi connectivity index (χ1v) is 8.79. The first kappa shape index (κ1) is 17.0. The van der Waals surface area contributed by atoms with Crippen molar-refractivity contribution in [2.24, 2.45) is 11.8 Å². The van der Waals surface area contributed by atoms with Gasteiger partial charge in [-0.05, 0) is 24.8 Å². The molecular weight excluding hydrogens is 304 g/mol. The Labute approximate surface area is 143 Å². The van der Waals surface area contributed by atoms with Gasteiger partial charge in [0.05, 0.1) is 6.61 Å². The molecule has 1 heterocycles. The highest BCUT2D eigenvalue weighted by molar-refractivity contribution is 5.83. The van der Waals surface area contributed by atoms with Crippen LogP contribution in [0.25, 0.3) is 0 Å². The quantitative estimate of drug-likeness (QED) is 0.829. The first-order valence-electron chi connectivity index (χ1n) is 8.79. The van der Waals surface area contributed by atoms with E-state index in [1.165, 1.54) is 0 Å². The average Bonchev–Trinajstić information content (AvgIpc) is 3.36. The fraction of sp³-hybridized carbons (Fsp3) is 0.579. The summed E-state index contributed by atoms with van der Waals surface area (Å²) < 4.78 is 5.71. The monoisotopic (exact) mass is 330 g/mol. The minimum atomic E-state index is -0.462. The molecule has 3 rings (SSSR count). The number of amides is 2. The van der Waals surface area contributed by atoms with Crippen LogP contribution in [0.2, 0.25) is 0 Å². The van der Waals surface area contributed by atoms with Gasteiger partial charge in [-0.15, -0.1) is 0 Å². The molecule has 1 saturated carbocycles. The van der Waals surface area contributed by atoms with E-state index in [-0.39, 0.29) is 17.7 Å². The molecule has 2 fully saturated rings. The molecule has 1 aromatic carbocycles. The standard InChI is InChI=1S/C19H26N2O3/c1-14-12-17(14)19(23)21-10-8-20(9-11-21)18(22)15(2)24-13-16-6-4-3-5-7-16/h3-7,14-15,17H,8-13H2,1-2H3/t14-,15-,17-/m1/s1. The van der Waals surface area contributed by atoms with E-state index >= 15 is 0 Å². The van der Waals surface area contributed by atoms with E-state index < -0.39 is 6.10 Å². The van der Waals surface area contributed by atoms with Crippen molar-refractivity contribution < 1.29 is 14.3 Å². The van der Waals surface area contributed by atoms with Crippen molar-refractivity contribution in [3.05, 3.63) is 35.9 Å². The van der Waals surface area contributed by atoms with Crippen molar-refractivity contribution in [3.63, 3.8) is 0 Å². The first-order chi connectivity index (χ1) is 11.6. The second-order valence-electron chi connectivity index (χ2n) is 6.91. The highest BCUT2D eigenvalue weighted by atomic mass is 16.5. The molecule has 2 aliphatic rings. The molecule has 1 saturated heterocycles. The van der Waals surface area contributed by atoms with Crippen molar-refractivity contribution in [1.82, 2.24) is 9.80 Å². The molecule has 0 aromatic heterocycles. The summed E-state index contributed by atoms with van der Waals surface area (Å²) in [6.45, 7) is 6.84. The number of hydrogen-bond donors (Lipinski definition) is 0. The van der Waals surface area contributed by atoms with Crippen molar-refractivity contribution in [3.8, 4) is 0 Å². The van der Waals surface area contributed by atoms with Crippen molar-refractivity contribution in [1.29, 1.82) is 0 Å². The summed E-state index contributed by atoms with van der Waals surface area (Å²) in [5.74, 6) is 1.03. The molecule has 5 heteroatoms. The number of rotatable bonds is 5. The highest BCUT2D eigenvalue weighted by Gasteiger charge is 2.42. The molecule has 0 bridgehead atoms. The van der Waals surface area contributed by atoms with Gasteiger partial charge in [-0.1, -0.05) is 37.3 Å². The Kier molecular flexibility index (Phi) is 5.19. The summed E-state index contributed by atoms with van der Waals surface area (Å²) in [5.41, 5.74) is 1.06. The Balaban J connectivity index is 1.43. The Hall–Kier alpha value is -1.88. The van der Waals surface area contributed by atoms with Crippen LogP contribution in [0.4, 0.5) is 0 Å². The van der Waals surface area contributed by atoms with Crippen molar-refractivity contribution >= 4 is 11.8 Å². The molecule has 0 radical (unpaired) electrons. The Morgan fingerprint density at radius 1 is 1.12 bits per heavy atom. The second-order valence-corrected chi connectivity index (χ2v) is 6.91. The smallest absolute Gasteiger partial charge is 0.251 e. The second kappa shape index (κ2) is 7.34. The third kappa shape index (κ3) is 3.96. The summed E-state index contributed by atoms with van der Waals surface area (Å²) in [7, 11) is 0. The maximum atomic E-state index is 12.5. The van der Waals surface area contributed by atoms with Crippen LogP contribution in [0, 0.1) is 11.8 Å². The minimum Gasteiger partial charge on any atom is -0.364 e. The predicted octanol–water partition coefficient (Wildman–Crippen LogP) is 1.92. The van der Waals surface area contributed by atoms with Gasteiger partial charge in [0.1, 0.15) is 6.10 Å². The lowest BCUT2D eigenvalue weighted by atomic mass is 10.2. The zero-order chi connectivity index (χ0) is 17.1. The van der Waals surface area contributed by atoms with E-state index in [9.17, 15) is 9.59 Å². The third-order valence-corrected chi connectivity index (χ3v) is 5.02. The van der Waals surface area contributed by atoms with Crippen LogP contribution in [0.3, 0.4) is 0 Å². The summed E-state index contributed by atoms with van der Waals surface area (Å²) in [6, 6.07) is 9.85. The maximum Gasteiger partial charge on any atom is 0.251 e. The fourth-order valence-electron chi connectivity index (χ4n) is 3.17. The van der Waals surface area contributed by atoms with Crippen LogP contribution in [-0.2, 0) is 20.9 Å². The van der Waals surface area contributed by atoms with Crippen molar-refractivity contribution in [2.75, 3.05) is 26.2 Å².